The number of imide groups is 1. The molecule has 0 aliphatic carbocycles. The Bertz CT molecular complexity index is 647. The van der Waals surface area contributed by atoms with Gasteiger partial charge in [0.15, 0.2) is 0 Å². The van der Waals surface area contributed by atoms with Gasteiger partial charge in [-0.25, -0.2) is 4.79 Å². The second-order valence-electron chi connectivity index (χ2n) is 4.23. The van der Waals surface area contributed by atoms with Gasteiger partial charge in [0.1, 0.15) is 0 Å². The minimum absolute atomic E-state index is 0.245. The van der Waals surface area contributed by atoms with E-state index in [0.717, 1.165) is 16.6 Å². The number of carbonyl (C=O) groups excluding carboxylic acids is 2. The number of urea groups is 1. The number of fused-ring (bicyclic) bond motifs is 1. The van der Waals surface area contributed by atoms with Crippen molar-refractivity contribution in [1.29, 1.82) is 0 Å². The molecule has 0 spiro atoms. The molecule has 1 fully saturated rings. The maximum absolute atomic E-state index is 11.8. The molecular formula is C12H12N4O2. The van der Waals surface area contributed by atoms with Crippen LogP contribution in [0.3, 0.4) is 0 Å². The lowest BCUT2D eigenvalue weighted by Gasteiger charge is -2.27. The van der Waals surface area contributed by atoms with E-state index in [1.807, 2.05) is 12.1 Å². The van der Waals surface area contributed by atoms with Crippen LogP contribution >= 0.6 is 0 Å². The number of nitrogens with zero attached hydrogens (tertiary/aromatic N) is 1. The number of aromatic nitrogens is 1. The van der Waals surface area contributed by atoms with Crippen LogP contribution in [0.1, 0.15) is 6.42 Å². The average molecular weight is 244 g/mol. The van der Waals surface area contributed by atoms with E-state index in [1.54, 1.807) is 12.3 Å². The summed E-state index contributed by atoms with van der Waals surface area (Å²) < 4.78 is 0. The normalized spacial score (nSPS) is 16.1. The van der Waals surface area contributed by atoms with E-state index >= 15 is 0 Å². The lowest BCUT2D eigenvalue weighted by atomic mass is 10.1. The van der Waals surface area contributed by atoms with Gasteiger partial charge in [-0.1, -0.05) is 0 Å². The molecule has 3 amide bonds. The number of nitrogens with two attached hydrogens (primary N) is 1. The zero-order valence-electron chi connectivity index (χ0n) is 9.56. The minimum Gasteiger partial charge on any atom is -0.399 e. The number of H-pyrrole nitrogens is 1. The van der Waals surface area contributed by atoms with Crippen LogP contribution in [0, 0.1) is 0 Å². The quantitative estimate of drug-likeness (QED) is 0.658. The van der Waals surface area contributed by atoms with Crippen LogP contribution in [0.4, 0.5) is 16.2 Å². The summed E-state index contributed by atoms with van der Waals surface area (Å²) in [5.74, 6) is -0.245. The van der Waals surface area contributed by atoms with Crippen molar-refractivity contribution in [1.82, 2.24) is 10.3 Å². The number of nitrogens with one attached hydrogen (secondary N) is 2. The molecule has 6 nitrogen and oxygen atoms in total. The van der Waals surface area contributed by atoms with Crippen molar-refractivity contribution in [3.63, 3.8) is 0 Å². The fraction of sp³-hybridized carbons (Fsp3) is 0.167. The summed E-state index contributed by atoms with van der Waals surface area (Å²) in [7, 11) is 0. The Hall–Kier alpha value is -2.50. The highest BCUT2D eigenvalue weighted by atomic mass is 16.2. The molecule has 1 aliphatic rings. The van der Waals surface area contributed by atoms with Gasteiger partial charge in [-0.15, -0.1) is 0 Å². The lowest BCUT2D eigenvalue weighted by molar-refractivity contribution is -0.120. The monoisotopic (exact) mass is 244 g/mol. The molecule has 0 unspecified atom stereocenters. The summed E-state index contributed by atoms with van der Waals surface area (Å²) in [6.07, 6.45) is 2.09. The summed E-state index contributed by atoms with van der Waals surface area (Å²) in [6, 6.07) is 5.03. The number of hydrogen-bond acceptors (Lipinski definition) is 3. The summed E-state index contributed by atoms with van der Waals surface area (Å²) >= 11 is 0. The van der Waals surface area contributed by atoms with E-state index in [0.29, 0.717) is 18.7 Å². The fourth-order valence-electron chi connectivity index (χ4n) is 2.19. The fourth-order valence-corrected chi connectivity index (χ4v) is 2.19. The average Bonchev–Trinajstić information content (AvgIpc) is 2.76. The molecule has 0 atom stereocenters. The number of anilines is 2. The van der Waals surface area contributed by atoms with Crippen LogP contribution < -0.4 is 16.0 Å². The third-order valence-electron chi connectivity index (χ3n) is 3.01. The van der Waals surface area contributed by atoms with Crippen molar-refractivity contribution in [2.45, 2.75) is 6.42 Å². The molecule has 0 bridgehead atoms. The molecule has 4 N–H and O–H groups in total. The van der Waals surface area contributed by atoms with Gasteiger partial charge in [-0.05, 0) is 18.2 Å². The first kappa shape index (κ1) is 10.6. The van der Waals surface area contributed by atoms with Crippen molar-refractivity contribution in [2.24, 2.45) is 0 Å². The number of benzene rings is 1. The smallest absolute Gasteiger partial charge is 0.328 e. The number of amides is 3. The number of nitrogen functional groups attached to an aromatic ring is 1. The van der Waals surface area contributed by atoms with Crippen molar-refractivity contribution in [2.75, 3.05) is 17.2 Å². The highest BCUT2D eigenvalue weighted by Crippen LogP contribution is 2.30. The molecule has 6 heteroatoms. The first-order chi connectivity index (χ1) is 8.65. The Morgan fingerprint density at radius 3 is 2.89 bits per heavy atom. The Morgan fingerprint density at radius 1 is 1.28 bits per heavy atom. The molecule has 18 heavy (non-hydrogen) atoms. The van der Waals surface area contributed by atoms with Gasteiger partial charge < -0.3 is 10.7 Å². The van der Waals surface area contributed by atoms with Gasteiger partial charge in [0, 0.05) is 35.8 Å². The van der Waals surface area contributed by atoms with E-state index in [9.17, 15) is 9.59 Å². The van der Waals surface area contributed by atoms with E-state index in [1.165, 1.54) is 4.90 Å². The van der Waals surface area contributed by atoms with E-state index in [-0.39, 0.29) is 5.91 Å². The van der Waals surface area contributed by atoms with E-state index in [4.69, 9.17) is 5.73 Å². The molecule has 2 heterocycles. The zero-order valence-corrected chi connectivity index (χ0v) is 9.56. The summed E-state index contributed by atoms with van der Waals surface area (Å²) in [5, 5.41) is 3.21. The largest absolute Gasteiger partial charge is 0.399 e. The molecular weight excluding hydrogens is 232 g/mol. The van der Waals surface area contributed by atoms with Crippen LogP contribution in [0.2, 0.25) is 0 Å². The predicted molar refractivity (Wildman–Crippen MR) is 68.2 cm³/mol. The topological polar surface area (TPSA) is 91.2 Å². The molecule has 1 aromatic carbocycles. The highest BCUT2D eigenvalue weighted by molar-refractivity contribution is 6.10. The zero-order chi connectivity index (χ0) is 12.7. The second kappa shape index (κ2) is 3.76. The minimum atomic E-state index is -0.403. The van der Waals surface area contributed by atoms with Crippen LogP contribution in [-0.4, -0.2) is 23.5 Å². The van der Waals surface area contributed by atoms with Crippen molar-refractivity contribution in [3.05, 3.63) is 24.4 Å². The van der Waals surface area contributed by atoms with Gasteiger partial charge in [0.05, 0.1) is 5.69 Å². The third-order valence-corrected chi connectivity index (χ3v) is 3.01. The van der Waals surface area contributed by atoms with Gasteiger partial charge in [0.25, 0.3) is 0 Å². The van der Waals surface area contributed by atoms with E-state index < -0.39 is 6.03 Å². The standard InChI is InChI=1S/C12H12N4O2/c13-7-5-9-8(1-3-14-9)10(6-7)16-4-2-11(17)15-12(16)18/h1,3,5-6,14H,2,4,13H2,(H,15,17,18). The third kappa shape index (κ3) is 1.58. The molecule has 1 aromatic heterocycles. The highest BCUT2D eigenvalue weighted by Gasteiger charge is 2.25. The first-order valence-corrected chi connectivity index (χ1v) is 5.63. The van der Waals surface area contributed by atoms with Crippen LogP contribution in [0.25, 0.3) is 10.9 Å². The number of hydrogen-bond donors (Lipinski definition) is 3. The van der Waals surface area contributed by atoms with Gasteiger partial charge in [-0.3, -0.25) is 15.0 Å². The molecule has 0 radical (unpaired) electrons. The Labute approximate surface area is 103 Å². The maximum Gasteiger partial charge on any atom is 0.328 e. The Balaban J connectivity index is 2.11. The van der Waals surface area contributed by atoms with Gasteiger partial charge >= 0.3 is 6.03 Å². The second-order valence-corrected chi connectivity index (χ2v) is 4.23. The number of aromatic amines is 1. The van der Waals surface area contributed by atoms with Crippen LogP contribution in [0.5, 0.6) is 0 Å². The summed E-state index contributed by atoms with van der Waals surface area (Å²) in [4.78, 5) is 27.6. The molecule has 2 aromatic rings. The van der Waals surface area contributed by atoms with Gasteiger partial charge in [0.2, 0.25) is 5.91 Å². The molecule has 1 saturated heterocycles. The van der Waals surface area contributed by atoms with Crippen molar-refractivity contribution in [3.8, 4) is 0 Å². The van der Waals surface area contributed by atoms with Gasteiger partial charge in [-0.2, -0.15) is 0 Å². The summed E-state index contributed by atoms with van der Waals surface area (Å²) in [6.45, 7) is 0.369. The maximum atomic E-state index is 11.8. The van der Waals surface area contributed by atoms with Crippen molar-refractivity contribution < 1.29 is 9.59 Å². The molecule has 1 aliphatic heterocycles. The van der Waals surface area contributed by atoms with Crippen LogP contribution in [0.15, 0.2) is 24.4 Å². The molecule has 0 saturated carbocycles. The number of rotatable bonds is 1. The predicted octanol–water partition coefficient (Wildman–Crippen LogP) is 1.20. The van der Waals surface area contributed by atoms with Crippen molar-refractivity contribution >= 4 is 34.2 Å². The van der Waals surface area contributed by atoms with E-state index in [2.05, 4.69) is 10.3 Å². The Morgan fingerprint density at radius 2 is 2.11 bits per heavy atom. The lowest BCUT2D eigenvalue weighted by Crippen LogP contribution is -2.49. The molecule has 92 valence electrons. The number of carbonyl (C=O) groups is 2. The molecule has 3 rings (SSSR count). The SMILES string of the molecule is Nc1cc(N2CCC(=O)NC2=O)c2cc[nH]c2c1. The first-order valence-electron chi connectivity index (χ1n) is 5.63. The van der Waals surface area contributed by atoms with Crippen LogP contribution in [-0.2, 0) is 4.79 Å². The Kier molecular flexibility index (Phi) is 2.22. The summed E-state index contributed by atoms with van der Waals surface area (Å²) in [5.41, 5.74) is 7.98.